The van der Waals surface area contributed by atoms with Crippen LogP contribution in [0.3, 0.4) is 0 Å². The molecule has 106 valence electrons. The van der Waals surface area contributed by atoms with Crippen LogP contribution in [0, 0.1) is 5.92 Å². The van der Waals surface area contributed by atoms with Crippen molar-refractivity contribution in [2.75, 3.05) is 24.3 Å². The summed E-state index contributed by atoms with van der Waals surface area (Å²) < 4.78 is 5.45. The van der Waals surface area contributed by atoms with Gasteiger partial charge in [0.05, 0.1) is 18.2 Å². The van der Waals surface area contributed by atoms with Crippen LogP contribution in [-0.4, -0.2) is 25.2 Å². The van der Waals surface area contributed by atoms with Crippen molar-refractivity contribution in [1.29, 1.82) is 0 Å². The average molecular weight is 265 g/mol. The lowest BCUT2D eigenvalue weighted by molar-refractivity contribution is 0.100. The van der Waals surface area contributed by atoms with E-state index < -0.39 is 5.91 Å². The van der Waals surface area contributed by atoms with Crippen molar-refractivity contribution < 1.29 is 9.53 Å². The Hall–Kier alpha value is -1.75. The lowest BCUT2D eigenvalue weighted by Gasteiger charge is -2.24. The standard InChI is InChI=1S/C14H23N3O2/c1-4-19-8-13(9(2)3)17-12-7-10(15)5-6-11(12)14(16)18/h5-7,9,13,17H,4,8,15H2,1-3H3,(H2,16,18). The fraction of sp³-hybridized carbons (Fsp3) is 0.500. The molecule has 0 aliphatic carbocycles. The van der Waals surface area contributed by atoms with E-state index in [1.54, 1.807) is 18.2 Å². The molecule has 1 atom stereocenters. The first kappa shape index (κ1) is 15.3. The first-order valence-corrected chi connectivity index (χ1v) is 6.49. The van der Waals surface area contributed by atoms with Crippen molar-refractivity contribution >= 4 is 17.3 Å². The molecule has 1 aromatic carbocycles. The molecule has 0 bridgehead atoms. The summed E-state index contributed by atoms with van der Waals surface area (Å²) in [5.74, 6) is -0.116. The zero-order chi connectivity index (χ0) is 14.4. The molecule has 5 N–H and O–H groups in total. The second-order valence-electron chi connectivity index (χ2n) is 4.82. The Kier molecular flexibility index (Phi) is 5.63. The maximum Gasteiger partial charge on any atom is 0.250 e. The molecule has 0 fully saturated rings. The molecule has 0 aliphatic heterocycles. The van der Waals surface area contributed by atoms with Crippen LogP contribution in [0.2, 0.25) is 0 Å². The Morgan fingerprint density at radius 1 is 1.42 bits per heavy atom. The minimum atomic E-state index is -0.471. The quantitative estimate of drug-likeness (QED) is 0.656. The number of anilines is 2. The summed E-state index contributed by atoms with van der Waals surface area (Å²) in [6, 6.07) is 5.12. The number of amides is 1. The van der Waals surface area contributed by atoms with Gasteiger partial charge in [-0.25, -0.2) is 0 Å². The smallest absolute Gasteiger partial charge is 0.250 e. The Morgan fingerprint density at radius 3 is 2.63 bits per heavy atom. The Bertz CT molecular complexity index is 433. The Morgan fingerprint density at radius 2 is 2.11 bits per heavy atom. The number of nitrogens with two attached hydrogens (primary N) is 2. The summed E-state index contributed by atoms with van der Waals surface area (Å²) in [5.41, 5.74) is 12.8. The fourth-order valence-corrected chi connectivity index (χ4v) is 1.74. The molecular formula is C14H23N3O2. The van der Waals surface area contributed by atoms with Gasteiger partial charge in [-0.05, 0) is 31.0 Å². The summed E-state index contributed by atoms with van der Waals surface area (Å²) in [7, 11) is 0. The van der Waals surface area contributed by atoms with Crippen LogP contribution >= 0.6 is 0 Å². The molecule has 0 radical (unpaired) electrons. The van der Waals surface area contributed by atoms with Gasteiger partial charge in [0.15, 0.2) is 0 Å². The van der Waals surface area contributed by atoms with Gasteiger partial charge in [0.2, 0.25) is 0 Å². The zero-order valence-electron chi connectivity index (χ0n) is 11.8. The van der Waals surface area contributed by atoms with Gasteiger partial charge in [-0.1, -0.05) is 13.8 Å². The van der Waals surface area contributed by atoms with E-state index in [4.69, 9.17) is 16.2 Å². The van der Waals surface area contributed by atoms with E-state index in [1.165, 1.54) is 0 Å². The number of rotatable bonds is 7. The summed E-state index contributed by atoms with van der Waals surface area (Å²) in [5, 5.41) is 3.30. The topological polar surface area (TPSA) is 90.4 Å². The highest BCUT2D eigenvalue weighted by Gasteiger charge is 2.16. The third kappa shape index (κ3) is 4.44. The maximum atomic E-state index is 11.4. The highest BCUT2D eigenvalue weighted by Crippen LogP contribution is 2.21. The number of nitrogens with one attached hydrogen (secondary N) is 1. The summed E-state index contributed by atoms with van der Waals surface area (Å²) in [6.07, 6.45) is 0. The van der Waals surface area contributed by atoms with Gasteiger partial charge >= 0.3 is 0 Å². The van der Waals surface area contributed by atoms with Crippen LogP contribution in [-0.2, 0) is 4.74 Å². The number of carbonyl (C=O) groups is 1. The van der Waals surface area contributed by atoms with Crippen LogP contribution in [0.15, 0.2) is 18.2 Å². The predicted octanol–water partition coefficient (Wildman–Crippen LogP) is 1.84. The Labute approximate surface area is 114 Å². The highest BCUT2D eigenvalue weighted by atomic mass is 16.5. The van der Waals surface area contributed by atoms with E-state index in [9.17, 15) is 4.79 Å². The van der Waals surface area contributed by atoms with Crippen LogP contribution < -0.4 is 16.8 Å². The number of hydrogen-bond donors (Lipinski definition) is 3. The molecule has 19 heavy (non-hydrogen) atoms. The third-order valence-corrected chi connectivity index (χ3v) is 2.96. The molecular weight excluding hydrogens is 242 g/mol. The van der Waals surface area contributed by atoms with Gasteiger partial charge in [0, 0.05) is 18.0 Å². The van der Waals surface area contributed by atoms with Crippen LogP contribution in [0.4, 0.5) is 11.4 Å². The van der Waals surface area contributed by atoms with E-state index in [2.05, 4.69) is 19.2 Å². The number of benzene rings is 1. The zero-order valence-corrected chi connectivity index (χ0v) is 11.8. The van der Waals surface area contributed by atoms with Crippen LogP contribution in [0.5, 0.6) is 0 Å². The molecule has 0 saturated heterocycles. The van der Waals surface area contributed by atoms with Crippen molar-refractivity contribution in [2.24, 2.45) is 11.7 Å². The normalized spacial score (nSPS) is 12.4. The number of carbonyl (C=O) groups excluding carboxylic acids is 1. The van der Waals surface area contributed by atoms with Gasteiger partial charge in [-0.15, -0.1) is 0 Å². The van der Waals surface area contributed by atoms with Crippen molar-refractivity contribution in [3.8, 4) is 0 Å². The van der Waals surface area contributed by atoms with E-state index in [-0.39, 0.29) is 6.04 Å². The van der Waals surface area contributed by atoms with Crippen molar-refractivity contribution in [3.63, 3.8) is 0 Å². The molecule has 1 aromatic rings. The molecule has 5 heteroatoms. The first-order chi connectivity index (χ1) is 8.95. The third-order valence-electron chi connectivity index (χ3n) is 2.96. The Balaban J connectivity index is 2.94. The predicted molar refractivity (Wildman–Crippen MR) is 78.1 cm³/mol. The van der Waals surface area contributed by atoms with Gasteiger partial charge in [0.25, 0.3) is 5.91 Å². The summed E-state index contributed by atoms with van der Waals surface area (Å²) in [6.45, 7) is 7.36. The monoisotopic (exact) mass is 265 g/mol. The van der Waals surface area contributed by atoms with Crippen LogP contribution in [0.25, 0.3) is 0 Å². The lowest BCUT2D eigenvalue weighted by Crippen LogP contribution is -2.32. The molecule has 0 spiro atoms. The fourth-order valence-electron chi connectivity index (χ4n) is 1.74. The first-order valence-electron chi connectivity index (χ1n) is 6.49. The van der Waals surface area contributed by atoms with Crippen molar-refractivity contribution in [3.05, 3.63) is 23.8 Å². The number of hydrogen-bond acceptors (Lipinski definition) is 4. The minimum absolute atomic E-state index is 0.0971. The molecule has 0 aromatic heterocycles. The van der Waals surface area contributed by atoms with Crippen LogP contribution in [0.1, 0.15) is 31.1 Å². The minimum Gasteiger partial charge on any atom is -0.399 e. The van der Waals surface area contributed by atoms with E-state index >= 15 is 0 Å². The molecule has 1 rings (SSSR count). The van der Waals surface area contributed by atoms with Crippen molar-refractivity contribution in [2.45, 2.75) is 26.8 Å². The molecule has 1 unspecified atom stereocenters. The molecule has 5 nitrogen and oxygen atoms in total. The van der Waals surface area contributed by atoms with Gasteiger partial charge in [-0.2, -0.15) is 0 Å². The summed E-state index contributed by atoms with van der Waals surface area (Å²) in [4.78, 5) is 11.4. The molecule has 0 saturated carbocycles. The lowest BCUT2D eigenvalue weighted by atomic mass is 10.0. The number of ether oxygens (including phenoxy) is 1. The van der Waals surface area contributed by atoms with Gasteiger partial charge in [0.1, 0.15) is 0 Å². The molecule has 0 heterocycles. The second-order valence-corrected chi connectivity index (χ2v) is 4.82. The maximum absolute atomic E-state index is 11.4. The van der Waals surface area contributed by atoms with Gasteiger partial charge in [-0.3, -0.25) is 4.79 Å². The molecule has 1 amide bonds. The average Bonchev–Trinajstić information content (AvgIpc) is 2.33. The van der Waals surface area contributed by atoms with E-state index in [0.29, 0.717) is 36.1 Å². The molecule has 0 aliphatic rings. The summed E-state index contributed by atoms with van der Waals surface area (Å²) >= 11 is 0. The number of nitrogen functional groups attached to an aromatic ring is 1. The highest BCUT2D eigenvalue weighted by molar-refractivity contribution is 5.99. The van der Waals surface area contributed by atoms with E-state index in [1.807, 2.05) is 6.92 Å². The largest absolute Gasteiger partial charge is 0.399 e. The second kappa shape index (κ2) is 6.99. The van der Waals surface area contributed by atoms with Crippen molar-refractivity contribution in [1.82, 2.24) is 0 Å². The SMILES string of the molecule is CCOCC(Nc1cc(N)ccc1C(N)=O)C(C)C. The number of primary amides is 1. The van der Waals surface area contributed by atoms with E-state index in [0.717, 1.165) is 0 Å². The van der Waals surface area contributed by atoms with Gasteiger partial charge < -0.3 is 21.5 Å².